The third-order valence-corrected chi connectivity index (χ3v) is 2.03. The molecule has 1 aromatic carbocycles. The van der Waals surface area contributed by atoms with E-state index in [1.807, 2.05) is 0 Å². The molecule has 0 heterocycles. The molecule has 1 aromatic rings. The number of hydrogen-bond donors (Lipinski definition) is 0. The van der Waals surface area contributed by atoms with E-state index in [0.29, 0.717) is 0 Å². The van der Waals surface area contributed by atoms with Gasteiger partial charge < -0.3 is 9.47 Å². The van der Waals surface area contributed by atoms with Gasteiger partial charge in [0, 0.05) is 6.07 Å². The largest absolute Gasteiger partial charge is 0.461 e. The normalized spacial score (nSPS) is 11.8. The van der Waals surface area contributed by atoms with Crippen molar-refractivity contribution in [3.63, 3.8) is 0 Å². The number of ketones is 1. The molecule has 1 unspecified atom stereocenters. The van der Waals surface area contributed by atoms with Crippen LogP contribution in [0.2, 0.25) is 0 Å². The fourth-order valence-corrected chi connectivity index (χ4v) is 1.23. The molecule has 18 heavy (non-hydrogen) atoms. The van der Waals surface area contributed by atoms with Crippen molar-refractivity contribution in [3.8, 4) is 5.75 Å². The maximum absolute atomic E-state index is 13.4. The molecule has 0 radical (unpaired) electrons. The van der Waals surface area contributed by atoms with Crippen LogP contribution in [0, 0.1) is 5.82 Å². The predicted octanol–water partition coefficient (Wildman–Crippen LogP) is 2.27. The van der Waals surface area contributed by atoms with Gasteiger partial charge in [-0.15, -0.1) is 0 Å². The Hall–Kier alpha value is -1.98. The maximum atomic E-state index is 13.4. The minimum Gasteiger partial charge on any atom is -0.461 e. The van der Waals surface area contributed by atoms with Crippen LogP contribution < -0.4 is 4.74 Å². The standard InChI is InChI=1S/C12H12F2O4/c1-3-17-12(16)11(14)18-8-4-5-9(7(2)15)10(13)6-8/h4-6,11H,3H2,1-2H3. The van der Waals surface area contributed by atoms with Crippen LogP contribution in [0.4, 0.5) is 8.78 Å². The van der Waals surface area contributed by atoms with E-state index in [0.717, 1.165) is 12.1 Å². The Morgan fingerprint density at radius 1 is 1.39 bits per heavy atom. The Bertz CT molecular complexity index is 459. The maximum Gasteiger partial charge on any atom is 0.381 e. The van der Waals surface area contributed by atoms with Gasteiger partial charge in [-0.05, 0) is 26.0 Å². The lowest BCUT2D eigenvalue weighted by atomic mass is 10.1. The van der Waals surface area contributed by atoms with E-state index < -0.39 is 23.9 Å². The third-order valence-electron chi connectivity index (χ3n) is 2.03. The Morgan fingerprint density at radius 3 is 2.56 bits per heavy atom. The van der Waals surface area contributed by atoms with Crippen LogP contribution in [0.25, 0.3) is 0 Å². The summed E-state index contributed by atoms with van der Waals surface area (Å²) in [5.74, 6) is -2.68. The zero-order valence-electron chi connectivity index (χ0n) is 9.91. The van der Waals surface area contributed by atoms with Crippen molar-refractivity contribution >= 4 is 11.8 Å². The highest BCUT2D eigenvalue weighted by Crippen LogP contribution is 2.19. The van der Waals surface area contributed by atoms with Gasteiger partial charge in [-0.2, -0.15) is 4.39 Å². The third kappa shape index (κ3) is 3.51. The van der Waals surface area contributed by atoms with E-state index >= 15 is 0 Å². The molecule has 0 aliphatic heterocycles. The lowest BCUT2D eigenvalue weighted by Gasteiger charge is -2.10. The van der Waals surface area contributed by atoms with E-state index in [1.165, 1.54) is 19.9 Å². The second-order valence-corrected chi connectivity index (χ2v) is 3.38. The van der Waals surface area contributed by atoms with Gasteiger partial charge in [0.25, 0.3) is 0 Å². The van der Waals surface area contributed by atoms with Gasteiger partial charge in [0.1, 0.15) is 11.6 Å². The molecule has 0 saturated heterocycles. The number of halogens is 2. The molecule has 1 atom stereocenters. The highest BCUT2D eigenvalue weighted by atomic mass is 19.1. The molecule has 0 bridgehead atoms. The summed E-state index contributed by atoms with van der Waals surface area (Å²) in [6, 6.07) is 3.19. The Labute approximate surface area is 103 Å². The molecule has 6 heteroatoms. The molecule has 0 N–H and O–H groups in total. The van der Waals surface area contributed by atoms with Gasteiger partial charge >= 0.3 is 12.3 Å². The van der Waals surface area contributed by atoms with Crippen molar-refractivity contribution in [1.82, 2.24) is 0 Å². The SMILES string of the molecule is CCOC(=O)C(F)Oc1ccc(C(C)=O)c(F)c1. The van der Waals surface area contributed by atoms with Gasteiger partial charge in [0.2, 0.25) is 0 Å². The summed E-state index contributed by atoms with van der Waals surface area (Å²) in [5.41, 5.74) is -0.131. The fourth-order valence-electron chi connectivity index (χ4n) is 1.23. The first-order chi connectivity index (χ1) is 8.45. The topological polar surface area (TPSA) is 52.6 Å². The van der Waals surface area contributed by atoms with Crippen LogP contribution in [0.3, 0.4) is 0 Å². The molecule has 0 spiro atoms. The van der Waals surface area contributed by atoms with Gasteiger partial charge in [-0.1, -0.05) is 0 Å². The number of hydrogen-bond acceptors (Lipinski definition) is 4. The number of alkyl halides is 1. The molecule has 1 rings (SSSR count). The van der Waals surface area contributed by atoms with Crippen molar-refractivity contribution in [3.05, 3.63) is 29.6 Å². The molecule has 0 saturated carbocycles. The van der Waals surface area contributed by atoms with E-state index in [2.05, 4.69) is 9.47 Å². The lowest BCUT2D eigenvalue weighted by molar-refractivity contribution is -0.159. The molecule has 0 aliphatic rings. The lowest BCUT2D eigenvalue weighted by Crippen LogP contribution is -2.24. The van der Waals surface area contributed by atoms with Crippen molar-refractivity contribution in [2.75, 3.05) is 6.61 Å². The molecule has 98 valence electrons. The summed E-state index contributed by atoms with van der Waals surface area (Å²) in [7, 11) is 0. The number of benzene rings is 1. The van der Waals surface area contributed by atoms with Crippen LogP contribution >= 0.6 is 0 Å². The van der Waals surface area contributed by atoms with Crippen molar-refractivity contribution < 1.29 is 27.8 Å². The Morgan fingerprint density at radius 2 is 2.06 bits per heavy atom. The van der Waals surface area contributed by atoms with Crippen molar-refractivity contribution in [2.24, 2.45) is 0 Å². The molecule has 0 aliphatic carbocycles. The van der Waals surface area contributed by atoms with E-state index in [9.17, 15) is 18.4 Å². The van der Waals surface area contributed by atoms with Gasteiger partial charge in [-0.3, -0.25) is 4.79 Å². The van der Waals surface area contributed by atoms with E-state index in [-0.39, 0.29) is 17.9 Å². The molecule has 0 amide bonds. The Balaban J connectivity index is 2.77. The monoisotopic (exact) mass is 258 g/mol. The van der Waals surface area contributed by atoms with Gasteiger partial charge in [0.05, 0.1) is 12.2 Å². The van der Waals surface area contributed by atoms with Crippen LogP contribution in [-0.2, 0) is 9.53 Å². The summed E-state index contributed by atoms with van der Waals surface area (Å²) in [6.07, 6.45) is -2.33. The van der Waals surface area contributed by atoms with Gasteiger partial charge in [0.15, 0.2) is 5.78 Å². The summed E-state index contributed by atoms with van der Waals surface area (Å²) in [5, 5.41) is 0. The molecular formula is C12H12F2O4. The average Bonchev–Trinajstić information content (AvgIpc) is 2.28. The average molecular weight is 258 g/mol. The minimum atomic E-state index is -2.33. The first-order valence-electron chi connectivity index (χ1n) is 5.23. The molecule has 0 fully saturated rings. The number of rotatable bonds is 5. The van der Waals surface area contributed by atoms with E-state index in [1.54, 1.807) is 0 Å². The predicted molar refractivity (Wildman–Crippen MR) is 58.6 cm³/mol. The fraction of sp³-hybridized carbons (Fsp3) is 0.333. The number of ether oxygens (including phenoxy) is 2. The molecular weight excluding hydrogens is 246 g/mol. The summed E-state index contributed by atoms with van der Waals surface area (Å²) >= 11 is 0. The quantitative estimate of drug-likeness (QED) is 0.600. The highest BCUT2D eigenvalue weighted by molar-refractivity contribution is 5.94. The van der Waals surface area contributed by atoms with Crippen LogP contribution in [-0.4, -0.2) is 24.7 Å². The second-order valence-electron chi connectivity index (χ2n) is 3.38. The van der Waals surface area contributed by atoms with Crippen molar-refractivity contribution in [1.29, 1.82) is 0 Å². The summed E-state index contributed by atoms with van der Waals surface area (Å²) in [6.45, 7) is 2.74. The van der Waals surface area contributed by atoms with Gasteiger partial charge in [-0.25, -0.2) is 9.18 Å². The zero-order valence-corrected chi connectivity index (χ0v) is 9.91. The minimum absolute atomic E-state index is 0.0141. The first kappa shape index (κ1) is 14.1. The summed E-state index contributed by atoms with van der Waals surface area (Å²) < 4.78 is 35.5. The van der Waals surface area contributed by atoms with Crippen LogP contribution in [0.15, 0.2) is 18.2 Å². The van der Waals surface area contributed by atoms with Crippen molar-refractivity contribution in [2.45, 2.75) is 20.2 Å². The Kier molecular flexibility index (Phi) is 4.76. The molecule has 0 aromatic heterocycles. The molecule has 4 nitrogen and oxygen atoms in total. The number of esters is 1. The second kappa shape index (κ2) is 6.09. The number of carbonyl (C=O) groups excluding carboxylic acids is 2. The smallest absolute Gasteiger partial charge is 0.381 e. The number of Topliss-reactive ketones (excluding diaryl/α,β-unsaturated/α-hetero) is 1. The summed E-state index contributed by atoms with van der Waals surface area (Å²) in [4.78, 5) is 21.9. The van der Waals surface area contributed by atoms with E-state index in [4.69, 9.17) is 0 Å². The highest BCUT2D eigenvalue weighted by Gasteiger charge is 2.21. The van der Waals surface area contributed by atoms with Crippen LogP contribution in [0.5, 0.6) is 5.75 Å². The van der Waals surface area contributed by atoms with Crippen LogP contribution in [0.1, 0.15) is 24.2 Å². The zero-order chi connectivity index (χ0) is 13.7. The first-order valence-corrected chi connectivity index (χ1v) is 5.23. The number of carbonyl (C=O) groups is 2.